The van der Waals surface area contributed by atoms with Gasteiger partial charge in [0.15, 0.2) is 0 Å². The number of fused-ring (bicyclic) bond motifs is 2. The first-order valence-electron chi connectivity index (χ1n) is 16.7. The van der Waals surface area contributed by atoms with Crippen molar-refractivity contribution in [3.05, 3.63) is 11.9 Å². The van der Waals surface area contributed by atoms with Crippen LogP contribution in [0.3, 0.4) is 0 Å². The number of carbonyl (C=O) groups excluding carboxylic acids is 6. The molecule has 4 aliphatic heterocycles. The van der Waals surface area contributed by atoms with E-state index in [1.54, 1.807) is 47.7 Å². The fourth-order valence-electron chi connectivity index (χ4n) is 6.34. The molecule has 0 bridgehead atoms. The number of aryl methyl sites for hydroxylation is 1. The highest BCUT2D eigenvalue weighted by Crippen LogP contribution is 2.52. The van der Waals surface area contributed by atoms with Crippen LogP contribution in [0.1, 0.15) is 81.4 Å². The molecule has 1 aromatic rings. The van der Waals surface area contributed by atoms with E-state index in [9.17, 15) is 28.8 Å². The lowest BCUT2D eigenvalue weighted by atomic mass is 9.96. The van der Waals surface area contributed by atoms with Crippen molar-refractivity contribution < 1.29 is 47.7 Å². The number of amides is 4. The lowest BCUT2D eigenvalue weighted by molar-refractivity contribution is -0.164. The number of aromatic nitrogens is 3. The first kappa shape index (κ1) is 38.5. The smallest absolute Gasteiger partial charge is 0.408 e. The van der Waals surface area contributed by atoms with E-state index in [4.69, 9.17) is 18.9 Å². The minimum Gasteiger partial charge on any atom is -0.464 e. The van der Waals surface area contributed by atoms with E-state index in [-0.39, 0.29) is 25.0 Å². The summed E-state index contributed by atoms with van der Waals surface area (Å²) in [7, 11) is 0. The summed E-state index contributed by atoms with van der Waals surface area (Å²) in [5.74, 6) is -1.88. The largest absolute Gasteiger partial charge is 0.464 e. The van der Waals surface area contributed by atoms with Gasteiger partial charge in [0.25, 0.3) is 0 Å². The molecule has 0 saturated carbocycles. The standard InChI is InChI=1S/C32H47N7O10S2/c1-29(2,3)48-27(44)33-17-21(40)38-19(31(7,8)50-23(17)38)25(42)46-13-11-12-37-14-16(35-36-37)15-47-26(43)20-32(9,10)51-24-18(22(41)39(20)24)34-28(45)49-30(4,5)6/h14,17-20,23-24H,11-13,15H2,1-10H3,(H,33,44)(H,34,45)/t17-,18-,19+,20+,23-,24-/m1/s1. The van der Waals surface area contributed by atoms with Gasteiger partial charge in [0.1, 0.15) is 58.4 Å². The van der Waals surface area contributed by atoms with Crippen molar-refractivity contribution in [1.29, 1.82) is 0 Å². The van der Waals surface area contributed by atoms with Crippen molar-refractivity contribution in [3.63, 3.8) is 0 Å². The second kappa shape index (κ2) is 13.7. The Balaban J connectivity index is 1.05. The Hall–Kier alpha value is -3.74. The summed E-state index contributed by atoms with van der Waals surface area (Å²) < 4.78 is 21.9. The van der Waals surface area contributed by atoms with Crippen LogP contribution >= 0.6 is 23.5 Å². The highest BCUT2D eigenvalue weighted by molar-refractivity contribution is 8.02. The van der Waals surface area contributed by atoms with Gasteiger partial charge in [-0.25, -0.2) is 19.2 Å². The Morgan fingerprint density at radius 1 is 0.784 bits per heavy atom. The van der Waals surface area contributed by atoms with E-state index in [0.29, 0.717) is 18.7 Å². The van der Waals surface area contributed by atoms with E-state index >= 15 is 0 Å². The molecule has 0 unspecified atom stereocenters. The van der Waals surface area contributed by atoms with Gasteiger partial charge in [-0.2, -0.15) is 0 Å². The van der Waals surface area contributed by atoms with Crippen LogP contribution in [0.5, 0.6) is 0 Å². The van der Waals surface area contributed by atoms with Crippen molar-refractivity contribution in [2.24, 2.45) is 0 Å². The summed E-state index contributed by atoms with van der Waals surface area (Å²) >= 11 is 2.83. The number of thioether (sulfide) groups is 2. The molecule has 17 nitrogen and oxygen atoms in total. The van der Waals surface area contributed by atoms with Crippen LogP contribution in [0, 0.1) is 0 Å². The van der Waals surface area contributed by atoms with Gasteiger partial charge in [-0.15, -0.1) is 28.6 Å². The highest BCUT2D eigenvalue weighted by atomic mass is 32.2. The van der Waals surface area contributed by atoms with E-state index in [0.717, 1.165) is 0 Å². The Bertz CT molecular complexity index is 1590. The van der Waals surface area contributed by atoms with E-state index in [1.807, 2.05) is 27.7 Å². The number of alkyl carbamates (subject to hydrolysis) is 2. The zero-order valence-electron chi connectivity index (χ0n) is 30.5. The third-order valence-corrected chi connectivity index (χ3v) is 11.5. The molecule has 4 amide bonds. The molecule has 1 aromatic heterocycles. The van der Waals surface area contributed by atoms with Crippen LogP contribution < -0.4 is 10.6 Å². The number of ether oxygens (including phenoxy) is 4. The number of rotatable bonds is 10. The van der Waals surface area contributed by atoms with Gasteiger partial charge in [-0.1, -0.05) is 5.21 Å². The molecule has 282 valence electrons. The Morgan fingerprint density at radius 2 is 1.24 bits per heavy atom. The quantitative estimate of drug-likeness (QED) is 0.152. The molecule has 0 aliphatic carbocycles. The summed E-state index contributed by atoms with van der Waals surface area (Å²) in [6, 6.07) is -3.28. The first-order valence-corrected chi connectivity index (χ1v) is 18.5. The minimum absolute atomic E-state index is 0.0653. The molecule has 4 aliphatic rings. The number of hydrogen-bond acceptors (Lipinski definition) is 14. The van der Waals surface area contributed by atoms with Crippen molar-refractivity contribution in [1.82, 2.24) is 35.4 Å². The van der Waals surface area contributed by atoms with Crippen molar-refractivity contribution in [3.8, 4) is 0 Å². The van der Waals surface area contributed by atoms with Crippen LogP contribution in [0.4, 0.5) is 9.59 Å². The normalized spacial score (nSPS) is 27.4. The zero-order valence-corrected chi connectivity index (χ0v) is 32.1. The molecule has 5 heterocycles. The maximum absolute atomic E-state index is 13.2. The Kier molecular flexibility index (Phi) is 10.3. The lowest BCUT2D eigenvalue weighted by Gasteiger charge is -2.43. The van der Waals surface area contributed by atoms with Crippen LogP contribution in [0.25, 0.3) is 0 Å². The third-order valence-electron chi connectivity index (χ3n) is 8.40. The molecule has 2 N–H and O–H groups in total. The average molecular weight is 754 g/mol. The summed E-state index contributed by atoms with van der Waals surface area (Å²) in [6.45, 7) is 18.0. The molecule has 51 heavy (non-hydrogen) atoms. The van der Waals surface area contributed by atoms with Gasteiger partial charge in [0.2, 0.25) is 11.8 Å². The summed E-state index contributed by atoms with van der Waals surface area (Å²) in [6.07, 6.45) is 0.620. The number of β-lactam (4-membered cyclic amide) rings is 2. The van der Waals surface area contributed by atoms with Crippen molar-refractivity contribution in [2.75, 3.05) is 6.61 Å². The Labute approximate surface area is 304 Å². The zero-order chi connectivity index (χ0) is 37.8. The molecule has 19 heteroatoms. The van der Waals surface area contributed by atoms with E-state index in [1.165, 1.54) is 38.0 Å². The number of esters is 2. The maximum Gasteiger partial charge on any atom is 0.408 e. The van der Waals surface area contributed by atoms with Crippen LogP contribution in [0.2, 0.25) is 0 Å². The number of nitrogens with one attached hydrogen (secondary N) is 2. The number of nitrogens with zero attached hydrogens (tertiary/aromatic N) is 5. The highest BCUT2D eigenvalue weighted by Gasteiger charge is 2.66. The van der Waals surface area contributed by atoms with Gasteiger partial charge >= 0.3 is 24.1 Å². The lowest BCUT2D eigenvalue weighted by Crippen LogP contribution is -2.71. The van der Waals surface area contributed by atoms with Crippen molar-refractivity contribution >= 4 is 59.5 Å². The topological polar surface area (TPSA) is 201 Å². The molecule has 6 atom stereocenters. The van der Waals surface area contributed by atoms with Gasteiger partial charge in [0.05, 0.1) is 12.8 Å². The fourth-order valence-corrected chi connectivity index (χ4v) is 9.58. The molecule has 0 spiro atoms. The van der Waals surface area contributed by atoms with Crippen LogP contribution in [0.15, 0.2) is 6.20 Å². The van der Waals surface area contributed by atoms with Crippen LogP contribution in [-0.4, -0.2) is 123 Å². The Morgan fingerprint density at radius 3 is 1.69 bits per heavy atom. The van der Waals surface area contributed by atoms with E-state index in [2.05, 4.69) is 20.9 Å². The first-order chi connectivity index (χ1) is 23.5. The summed E-state index contributed by atoms with van der Waals surface area (Å²) in [5, 5.41) is 12.5. The number of hydrogen-bond donors (Lipinski definition) is 2. The molecule has 4 saturated heterocycles. The fraction of sp³-hybridized carbons (Fsp3) is 0.750. The maximum atomic E-state index is 13.2. The second-order valence-electron chi connectivity index (χ2n) is 15.9. The van der Waals surface area contributed by atoms with Crippen LogP contribution in [-0.2, 0) is 51.3 Å². The predicted octanol–water partition coefficient (Wildman–Crippen LogP) is 2.17. The number of carbonyl (C=O) groups is 6. The SMILES string of the molecule is CC(C)(C)OC(=O)N[C@@H]1C(=O)N2[C@@H]1SC(C)(C)[C@@H]2C(=O)OCCCn1cc(COC(=O)[C@@H]2N3C(=O)[C@@H](NC(=O)OC(C)(C)C)[C@H]3SC2(C)C)nn1. The molecule has 5 rings (SSSR count). The van der Waals surface area contributed by atoms with Gasteiger partial charge in [0, 0.05) is 22.5 Å². The third kappa shape index (κ3) is 8.18. The average Bonchev–Trinajstić information content (AvgIpc) is 3.62. The molecular weight excluding hydrogens is 707 g/mol. The second-order valence-corrected chi connectivity index (χ2v) is 19.4. The van der Waals surface area contributed by atoms with Gasteiger partial charge < -0.3 is 39.4 Å². The predicted molar refractivity (Wildman–Crippen MR) is 184 cm³/mol. The summed E-state index contributed by atoms with van der Waals surface area (Å²) in [4.78, 5) is 79.7. The van der Waals surface area contributed by atoms with Gasteiger partial charge in [-0.05, 0) is 69.2 Å². The minimum atomic E-state index is -0.862. The molecular formula is C32H47N7O10S2. The molecule has 0 radical (unpaired) electrons. The van der Waals surface area contributed by atoms with Gasteiger partial charge in [-0.3, -0.25) is 14.3 Å². The molecule has 4 fully saturated rings. The summed E-state index contributed by atoms with van der Waals surface area (Å²) in [5.41, 5.74) is -1.04. The molecule has 0 aromatic carbocycles. The van der Waals surface area contributed by atoms with Crippen molar-refractivity contribution in [2.45, 2.75) is 144 Å². The van der Waals surface area contributed by atoms with E-state index < -0.39 is 79.7 Å². The monoisotopic (exact) mass is 753 g/mol.